The molecule has 0 bridgehead atoms. The summed E-state index contributed by atoms with van der Waals surface area (Å²) in [6.07, 6.45) is 1.91. The van der Waals surface area contributed by atoms with Gasteiger partial charge in [0.2, 0.25) is 0 Å². The van der Waals surface area contributed by atoms with Crippen molar-refractivity contribution < 1.29 is 14.2 Å². The first-order valence-corrected chi connectivity index (χ1v) is 10.3. The lowest BCUT2D eigenvalue weighted by molar-refractivity contribution is 0.0702. The van der Waals surface area contributed by atoms with Crippen LogP contribution in [-0.2, 0) is 9.47 Å². The number of nitrogens with zero attached hydrogens (tertiary/aromatic N) is 2. The number of benzene rings is 1. The van der Waals surface area contributed by atoms with Crippen molar-refractivity contribution in [2.75, 3.05) is 65.1 Å². The third kappa shape index (κ3) is 9.15. The maximum absolute atomic E-state index is 6.18. The monoisotopic (exact) mass is 540 g/mol. The van der Waals surface area contributed by atoms with Crippen molar-refractivity contribution in [2.45, 2.75) is 25.8 Å². The van der Waals surface area contributed by atoms with Gasteiger partial charge in [0.25, 0.3) is 0 Å². The van der Waals surface area contributed by atoms with E-state index in [9.17, 15) is 0 Å². The number of hydrogen-bond acceptors (Lipinski definition) is 5. The van der Waals surface area contributed by atoms with Crippen molar-refractivity contribution in [1.29, 1.82) is 0 Å². The minimum atomic E-state index is 0. The summed E-state index contributed by atoms with van der Waals surface area (Å²) in [6.45, 7) is 7.39. The van der Waals surface area contributed by atoms with Crippen molar-refractivity contribution in [3.8, 4) is 5.75 Å². The molecule has 1 aliphatic heterocycles. The summed E-state index contributed by atoms with van der Waals surface area (Å²) in [7, 11) is 3.36. The molecule has 0 saturated carbocycles. The lowest BCUT2D eigenvalue weighted by atomic mass is 10.2. The van der Waals surface area contributed by atoms with Gasteiger partial charge in [0.15, 0.2) is 5.96 Å². The summed E-state index contributed by atoms with van der Waals surface area (Å²) in [5, 5.41) is 7.58. The SMILES string of the molecule is CCNC(=NCCCOCCOC)NC1CCN(c2cc(Cl)ccc2OC)C1.I. The maximum Gasteiger partial charge on any atom is 0.191 e. The maximum atomic E-state index is 6.18. The van der Waals surface area contributed by atoms with Gasteiger partial charge in [-0.05, 0) is 38.0 Å². The Labute approximate surface area is 196 Å². The molecule has 7 nitrogen and oxygen atoms in total. The fourth-order valence-electron chi connectivity index (χ4n) is 3.12. The van der Waals surface area contributed by atoms with Crippen LogP contribution < -0.4 is 20.3 Å². The van der Waals surface area contributed by atoms with E-state index < -0.39 is 0 Å². The molecule has 1 aromatic rings. The molecule has 1 aliphatic rings. The van der Waals surface area contributed by atoms with Crippen LogP contribution in [0.4, 0.5) is 5.69 Å². The summed E-state index contributed by atoms with van der Waals surface area (Å²) in [6, 6.07) is 6.05. The fraction of sp³-hybridized carbons (Fsp3) is 0.650. The molecule has 0 radical (unpaired) electrons. The number of rotatable bonds is 11. The highest BCUT2D eigenvalue weighted by molar-refractivity contribution is 14.0. The minimum absolute atomic E-state index is 0. The number of aliphatic imine (C=N–C) groups is 1. The van der Waals surface area contributed by atoms with Crippen LogP contribution in [0.25, 0.3) is 0 Å². The van der Waals surface area contributed by atoms with Crippen LogP contribution in [0.3, 0.4) is 0 Å². The largest absolute Gasteiger partial charge is 0.495 e. The Morgan fingerprint density at radius 1 is 1.28 bits per heavy atom. The molecule has 2 N–H and O–H groups in total. The van der Waals surface area contributed by atoms with Crippen molar-refractivity contribution in [3.63, 3.8) is 0 Å². The van der Waals surface area contributed by atoms with Crippen LogP contribution in [0.5, 0.6) is 5.75 Å². The normalized spacial score (nSPS) is 16.5. The third-order valence-corrected chi connectivity index (χ3v) is 4.74. The molecule has 1 aromatic carbocycles. The molecular weight excluding hydrogens is 507 g/mol. The number of hydrogen-bond donors (Lipinski definition) is 2. The van der Waals surface area contributed by atoms with Gasteiger partial charge in [-0.2, -0.15) is 0 Å². The van der Waals surface area contributed by atoms with Gasteiger partial charge in [0.05, 0.1) is 26.0 Å². The Morgan fingerprint density at radius 2 is 2.10 bits per heavy atom. The molecule has 2 rings (SSSR count). The van der Waals surface area contributed by atoms with Crippen LogP contribution in [0.15, 0.2) is 23.2 Å². The molecule has 1 saturated heterocycles. The second-order valence-corrected chi connectivity index (χ2v) is 7.05. The molecule has 1 heterocycles. The number of guanidine groups is 1. The van der Waals surface area contributed by atoms with E-state index in [0.717, 1.165) is 61.4 Å². The highest BCUT2D eigenvalue weighted by Gasteiger charge is 2.25. The lowest BCUT2D eigenvalue weighted by Gasteiger charge is -2.22. The third-order valence-electron chi connectivity index (χ3n) is 4.50. The average Bonchev–Trinajstić information content (AvgIpc) is 3.15. The quantitative estimate of drug-likeness (QED) is 0.195. The van der Waals surface area contributed by atoms with Crippen LogP contribution in [0.2, 0.25) is 5.02 Å². The molecule has 29 heavy (non-hydrogen) atoms. The van der Waals surface area contributed by atoms with Crippen molar-refractivity contribution in [3.05, 3.63) is 23.2 Å². The first-order chi connectivity index (χ1) is 13.7. The zero-order valence-corrected chi connectivity index (χ0v) is 20.7. The molecule has 1 atom stereocenters. The zero-order chi connectivity index (χ0) is 20.2. The van der Waals surface area contributed by atoms with Crippen molar-refractivity contribution in [1.82, 2.24) is 10.6 Å². The summed E-state index contributed by atoms with van der Waals surface area (Å²) in [5.74, 6) is 1.70. The molecule has 0 amide bonds. The van der Waals surface area contributed by atoms with E-state index in [1.165, 1.54) is 0 Å². The van der Waals surface area contributed by atoms with Gasteiger partial charge in [-0.15, -0.1) is 24.0 Å². The predicted molar refractivity (Wildman–Crippen MR) is 130 cm³/mol. The van der Waals surface area contributed by atoms with E-state index in [1.807, 2.05) is 18.2 Å². The molecule has 1 fully saturated rings. The van der Waals surface area contributed by atoms with Crippen LogP contribution in [-0.4, -0.2) is 72.2 Å². The summed E-state index contributed by atoms with van der Waals surface area (Å²) in [4.78, 5) is 6.96. The van der Waals surface area contributed by atoms with E-state index in [4.69, 9.17) is 25.8 Å². The van der Waals surface area contributed by atoms with Gasteiger partial charge < -0.3 is 29.7 Å². The smallest absolute Gasteiger partial charge is 0.191 e. The van der Waals surface area contributed by atoms with E-state index in [0.29, 0.717) is 25.9 Å². The molecule has 0 spiro atoms. The Kier molecular flexibility index (Phi) is 13.4. The van der Waals surface area contributed by atoms with Crippen molar-refractivity contribution >= 4 is 47.2 Å². The molecule has 166 valence electrons. The van der Waals surface area contributed by atoms with Crippen LogP contribution in [0, 0.1) is 0 Å². The Morgan fingerprint density at radius 3 is 2.83 bits per heavy atom. The standard InChI is InChI=1S/C20H33ClN4O3.HI/c1-4-22-20(23-9-5-11-28-13-12-26-2)24-17-8-10-25(15-17)18-14-16(21)6-7-19(18)27-3;/h6-7,14,17H,4-5,8-13,15H2,1-3H3,(H2,22,23,24);1H. The topological polar surface area (TPSA) is 67.4 Å². The molecule has 1 unspecified atom stereocenters. The Bertz CT molecular complexity index is 621. The lowest BCUT2D eigenvalue weighted by Crippen LogP contribution is -2.44. The minimum Gasteiger partial charge on any atom is -0.495 e. The van der Waals surface area contributed by atoms with E-state index in [-0.39, 0.29) is 24.0 Å². The van der Waals surface area contributed by atoms with Crippen LogP contribution in [0.1, 0.15) is 19.8 Å². The first kappa shape index (κ1) is 26.1. The Hall–Kier alpha value is -0.970. The number of anilines is 1. The average molecular weight is 541 g/mol. The highest BCUT2D eigenvalue weighted by atomic mass is 127. The van der Waals surface area contributed by atoms with E-state index >= 15 is 0 Å². The van der Waals surface area contributed by atoms with E-state index in [2.05, 4.69) is 27.4 Å². The van der Waals surface area contributed by atoms with Gasteiger partial charge in [0, 0.05) is 51.0 Å². The summed E-state index contributed by atoms with van der Waals surface area (Å²) >= 11 is 6.18. The number of ether oxygens (including phenoxy) is 3. The van der Waals surface area contributed by atoms with Crippen LogP contribution >= 0.6 is 35.6 Å². The molecular formula is C20H34ClIN4O3. The van der Waals surface area contributed by atoms with Crippen molar-refractivity contribution in [2.24, 2.45) is 4.99 Å². The predicted octanol–water partition coefficient (Wildman–Crippen LogP) is 3.15. The van der Waals surface area contributed by atoms with Gasteiger partial charge in [-0.3, -0.25) is 4.99 Å². The van der Waals surface area contributed by atoms with Gasteiger partial charge >= 0.3 is 0 Å². The number of halogens is 2. The number of methoxy groups -OCH3 is 2. The second kappa shape index (κ2) is 14.9. The number of nitrogens with one attached hydrogen (secondary N) is 2. The van der Waals surface area contributed by atoms with Gasteiger partial charge in [-0.25, -0.2) is 0 Å². The molecule has 9 heteroatoms. The van der Waals surface area contributed by atoms with Gasteiger partial charge in [-0.1, -0.05) is 11.6 Å². The first-order valence-electron chi connectivity index (χ1n) is 9.88. The molecule has 0 aliphatic carbocycles. The zero-order valence-electron chi connectivity index (χ0n) is 17.6. The fourth-order valence-corrected chi connectivity index (χ4v) is 3.29. The Balaban J connectivity index is 0.00000420. The summed E-state index contributed by atoms with van der Waals surface area (Å²) < 4.78 is 15.9. The second-order valence-electron chi connectivity index (χ2n) is 6.61. The van der Waals surface area contributed by atoms with E-state index in [1.54, 1.807) is 14.2 Å². The molecule has 0 aromatic heterocycles. The van der Waals surface area contributed by atoms with Gasteiger partial charge in [0.1, 0.15) is 5.75 Å². The highest BCUT2D eigenvalue weighted by Crippen LogP contribution is 2.33. The summed E-state index contributed by atoms with van der Waals surface area (Å²) in [5.41, 5.74) is 1.04.